The number of piperazine rings is 1. The summed E-state index contributed by atoms with van der Waals surface area (Å²) in [4.78, 5) is 20.5. The zero-order valence-electron chi connectivity index (χ0n) is 20.7. The summed E-state index contributed by atoms with van der Waals surface area (Å²) in [5.41, 5.74) is 1.03. The van der Waals surface area contributed by atoms with E-state index in [0.29, 0.717) is 43.2 Å². The van der Waals surface area contributed by atoms with Crippen LogP contribution in [0.2, 0.25) is 0 Å². The highest BCUT2D eigenvalue weighted by molar-refractivity contribution is 7.92. The van der Waals surface area contributed by atoms with Gasteiger partial charge in [0.2, 0.25) is 0 Å². The maximum atomic E-state index is 14.2. The van der Waals surface area contributed by atoms with Gasteiger partial charge in [0.15, 0.2) is 0 Å². The highest BCUT2D eigenvalue weighted by atomic mass is 35.5. The monoisotopic (exact) mass is 632 g/mol. The Hall–Kier alpha value is -3.38. The molecule has 4 aromatic rings. The maximum Gasteiger partial charge on any atom is 0.336 e. The van der Waals surface area contributed by atoms with Crippen LogP contribution in [0.25, 0.3) is 10.9 Å². The first-order valence-electron chi connectivity index (χ1n) is 11.4. The number of pyridine rings is 1. The van der Waals surface area contributed by atoms with Crippen LogP contribution in [0.3, 0.4) is 0 Å². The second-order valence-electron chi connectivity index (χ2n) is 8.55. The molecular formula is C26H25Cl3F2N4O4S. The van der Waals surface area contributed by atoms with E-state index >= 15 is 0 Å². The van der Waals surface area contributed by atoms with E-state index in [-0.39, 0.29) is 64.6 Å². The van der Waals surface area contributed by atoms with Crippen molar-refractivity contribution < 1.29 is 27.1 Å². The zero-order chi connectivity index (χ0) is 26.2. The number of rotatable bonds is 6. The van der Waals surface area contributed by atoms with Crippen molar-refractivity contribution in [2.75, 3.05) is 40.7 Å². The number of benzene rings is 3. The number of nitrogens with zero attached hydrogens (tertiary/aromatic N) is 3. The Kier molecular flexibility index (Phi) is 10.9. The van der Waals surface area contributed by atoms with E-state index in [1.165, 1.54) is 24.3 Å². The van der Waals surface area contributed by atoms with Gasteiger partial charge < -0.3 is 14.9 Å². The Morgan fingerprint density at radius 3 is 2.10 bits per heavy atom. The van der Waals surface area contributed by atoms with E-state index in [2.05, 4.69) is 9.71 Å². The molecule has 40 heavy (non-hydrogen) atoms. The summed E-state index contributed by atoms with van der Waals surface area (Å²) in [6.07, 6.45) is 0. The minimum atomic E-state index is -4.01. The Morgan fingerprint density at radius 2 is 1.48 bits per heavy atom. The van der Waals surface area contributed by atoms with Crippen LogP contribution in [0.1, 0.15) is 10.4 Å². The molecule has 0 spiro atoms. The molecule has 8 nitrogen and oxygen atoms in total. The minimum absolute atomic E-state index is 0. The number of aromatic carboxylic acids is 1. The van der Waals surface area contributed by atoms with E-state index < -0.39 is 21.8 Å². The third-order valence-electron chi connectivity index (χ3n) is 6.20. The van der Waals surface area contributed by atoms with Crippen molar-refractivity contribution in [2.24, 2.45) is 0 Å². The normalized spacial score (nSPS) is 13.1. The van der Waals surface area contributed by atoms with E-state index in [1.54, 1.807) is 24.3 Å². The Morgan fingerprint density at radius 1 is 0.850 bits per heavy atom. The van der Waals surface area contributed by atoms with Crippen LogP contribution in [0.15, 0.2) is 77.7 Å². The van der Waals surface area contributed by atoms with Crippen LogP contribution in [-0.2, 0) is 10.0 Å². The van der Waals surface area contributed by atoms with Crippen molar-refractivity contribution in [3.63, 3.8) is 0 Å². The first kappa shape index (κ1) is 32.8. The fourth-order valence-corrected chi connectivity index (χ4v) is 5.38. The molecule has 0 aliphatic carbocycles. The van der Waals surface area contributed by atoms with Crippen LogP contribution in [0, 0.1) is 11.6 Å². The van der Waals surface area contributed by atoms with Gasteiger partial charge in [-0.1, -0.05) is 12.1 Å². The van der Waals surface area contributed by atoms with Gasteiger partial charge >= 0.3 is 5.97 Å². The predicted octanol–water partition coefficient (Wildman–Crippen LogP) is 5.60. The average molecular weight is 634 g/mol. The lowest BCUT2D eigenvalue weighted by atomic mass is 10.1. The number of carboxylic acid groups (broad SMARTS) is 1. The van der Waals surface area contributed by atoms with Gasteiger partial charge in [0.05, 0.1) is 21.7 Å². The third kappa shape index (κ3) is 6.84. The third-order valence-corrected chi connectivity index (χ3v) is 7.60. The quantitative estimate of drug-likeness (QED) is 0.285. The molecule has 0 unspecified atom stereocenters. The number of carboxylic acids is 1. The van der Waals surface area contributed by atoms with E-state index in [4.69, 9.17) is 0 Å². The van der Waals surface area contributed by atoms with Crippen molar-refractivity contribution in [1.29, 1.82) is 0 Å². The predicted molar refractivity (Wildman–Crippen MR) is 158 cm³/mol. The smallest absolute Gasteiger partial charge is 0.336 e. The lowest BCUT2D eigenvalue weighted by molar-refractivity contribution is 0.0699. The van der Waals surface area contributed by atoms with Crippen molar-refractivity contribution in [2.45, 2.75) is 4.90 Å². The van der Waals surface area contributed by atoms with E-state index in [0.717, 1.165) is 24.3 Å². The molecule has 1 fully saturated rings. The molecular weight excluding hydrogens is 609 g/mol. The molecule has 2 heterocycles. The van der Waals surface area contributed by atoms with Crippen molar-refractivity contribution >= 4 is 81.3 Å². The maximum absolute atomic E-state index is 14.2. The summed E-state index contributed by atoms with van der Waals surface area (Å²) in [5.74, 6) is -1.57. The van der Waals surface area contributed by atoms with Crippen LogP contribution < -0.4 is 14.5 Å². The van der Waals surface area contributed by atoms with Crippen LogP contribution in [-0.4, -0.2) is 50.7 Å². The Labute approximate surface area is 248 Å². The number of nitrogens with one attached hydrogen (secondary N) is 1. The first-order chi connectivity index (χ1) is 17.7. The molecule has 1 aliphatic rings. The number of sulfonamides is 1. The van der Waals surface area contributed by atoms with E-state index in [1.807, 2.05) is 9.80 Å². The van der Waals surface area contributed by atoms with Crippen molar-refractivity contribution in [1.82, 2.24) is 4.98 Å². The molecule has 3 aromatic carbocycles. The summed E-state index contributed by atoms with van der Waals surface area (Å²) in [5, 5.41) is 10.1. The Bertz CT molecular complexity index is 1600. The van der Waals surface area contributed by atoms with Crippen LogP contribution in [0.5, 0.6) is 0 Å². The summed E-state index contributed by atoms with van der Waals surface area (Å²) in [7, 11) is -4.01. The van der Waals surface area contributed by atoms with Crippen LogP contribution >= 0.6 is 37.2 Å². The zero-order valence-corrected chi connectivity index (χ0v) is 23.9. The second kappa shape index (κ2) is 13.3. The number of para-hydroxylation sites is 1. The molecule has 214 valence electrons. The number of carbonyl (C=O) groups is 1. The van der Waals surface area contributed by atoms with Crippen LogP contribution in [0.4, 0.5) is 26.0 Å². The number of halogens is 5. The number of fused-ring (bicyclic) bond motifs is 1. The van der Waals surface area contributed by atoms with E-state index in [9.17, 15) is 27.1 Å². The van der Waals surface area contributed by atoms with Gasteiger partial charge in [0, 0.05) is 37.3 Å². The molecule has 5 rings (SSSR count). The molecule has 1 aromatic heterocycles. The van der Waals surface area contributed by atoms with Gasteiger partial charge in [-0.2, -0.15) is 0 Å². The molecule has 0 bridgehead atoms. The number of anilines is 3. The number of aromatic nitrogens is 1. The summed E-state index contributed by atoms with van der Waals surface area (Å²) in [6, 6.07) is 16.8. The average Bonchev–Trinajstić information content (AvgIpc) is 2.88. The number of hydrogen-bond donors (Lipinski definition) is 2. The SMILES string of the molecule is Cl.Cl.Cl.O=C(O)c1cc(N2CCN(c3ccccc3F)CC2)nc2ccc(NS(=O)(=O)c3ccc(F)cc3)cc12. The van der Waals surface area contributed by atoms with Gasteiger partial charge in [0.1, 0.15) is 17.5 Å². The van der Waals surface area contributed by atoms with Gasteiger partial charge in [-0.05, 0) is 60.7 Å². The van der Waals surface area contributed by atoms with Gasteiger partial charge in [-0.3, -0.25) is 4.72 Å². The molecule has 0 saturated carbocycles. The topological polar surface area (TPSA) is 103 Å². The fraction of sp³-hybridized carbons (Fsp3) is 0.154. The van der Waals surface area contributed by atoms with Gasteiger partial charge in [-0.25, -0.2) is 27.0 Å². The lowest BCUT2D eigenvalue weighted by Gasteiger charge is -2.37. The molecule has 0 radical (unpaired) electrons. The molecule has 0 amide bonds. The largest absolute Gasteiger partial charge is 0.478 e. The highest BCUT2D eigenvalue weighted by Gasteiger charge is 2.23. The standard InChI is InChI=1S/C26H22F2N4O4S.3ClH/c27-17-5-8-19(9-6-17)37(35,36)30-18-7-10-23-20(15-18)21(26(33)34)16-25(29-23)32-13-11-31(12-14-32)24-4-2-1-3-22(24)28;;;/h1-10,15-16,30H,11-14H2,(H,33,34);3*1H. The number of hydrogen-bond acceptors (Lipinski definition) is 6. The minimum Gasteiger partial charge on any atom is -0.478 e. The first-order valence-corrected chi connectivity index (χ1v) is 12.9. The molecule has 1 saturated heterocycles. The molecule has 2 N–H and O–H groups in total. The fourth-order valence-electron chi connectivity index (χ4n) is 4.33. The highest BCUT2D eigenvalue weighted by Crippen LogP contribution is 2.29. The lowest BCUT2D eigenvalue weighted by Crippen LogP contribution is -2.47. The summed E-state index contributed by atoms with van der Waals surface area (Å²) < 4.78 is 55.1. The van der Waals surface area contributed by atoms with Crippen molar-refractivity contribution in [3.8, 4) is 0 Å². The summed E-state index contributed by atoms with van der Waals surface area (Å²) in [6.45, 7) is 2.10. The van der Waals surface area contributed by atoms with Gasteiger partial charge in [0.25, 0.3) is 10.0 Å². The summed E-state index contributed by atoms with van der Waals surface area (Å²) >= 11 is 0. The Balaban J connectivity index is 0.00000187. The molecule has 14 heteroatoms. The molecule has 1 aliphatic heterocycles. The van der Waals surface area contributed by atoms with Crippen molar-refractivity contribution in [3.05, 3.63) is 90.0 Å². The second-order valence-corrected chi connectivity index (χ2v) is 10.2. The van der Waals surface area contributed by atoms with Gasteiger partial charge in [-0.15, -0.1) is 37.2 Å². The molecule has 0 atom stereocenters.